The summed E-state index contributed by atoms with van der Waals surface area (Å²) in [6.07, 6.45) is 0. The van der Waals surface area contributed by atoms with Gasteiger partial charge in [0.05, 0.1) is 10.5 Å². The molecule has 1 heterocycles. The van der Waals surface area contributed by atoms with Gasteiger partial charge in [-0.25, -0.2) is 4.98 Å². The van der Waals surface area contributed by atoms with Crippen LogP contribution in [-0.4, -0.2) is 21.8 Å². The number of para-hydroxylation sites is 1. The van der Waals surface area contributed by atoms with E-state index in [2.05, 4.69) is 17.1 Å². The van der Waals surface area contributed by atoms with Crippen molar-refractivity contribution in [3.05, 3.63) is 35.9 Å². The molecular formula is C12H13N3OS. The van der Waals surface area contributed by atoms with Gasteiger partial charge in [0, 0.05) is 10.9 Å². The van der Waals surface area contributed by atoms with E-state index in [4.69, 9.17) is 10.9 Å². The molecule has 1 aromatic heterocycles. The summed E-state index contributed by atoms with van der Waals surface area (Å²) in [5.74, 6) is 1.04. The van der Waals surface area contributed by atoms with Crippen LogP contribution in [0, 0.1) is 0 Å². The Hall–Kier alpha value is -1.75. The number of rotatable bonds is 3. The number of pyridine rings is 1. The summed E-state index contributed by atoms with van der Waals surface area (Å²) in [4.78, 5) is 4.51. The number of benzene rings is 1. The summed E-state index contributed by atoms with van der Waals surface area (Å²) in [5.41, 5.74) is 7.26. The molecule has 0 spiro atoms. The Labute approximate surface area is 104 Å². The topological polar surface area (TPSA) is 71.5 Å². The summed E-state index contributed by atoms with van der Waals surface area (Å²) >= 11 is 1.63. The summed E-state index contributed by atoms with van der Waals surface area (Å²) < 4.78 is 0. The molecule has 0 aliphatic heterocycles. The second-order valence-electron chi connectivity index (χ2n) is 3.44. The summed E-state index contributed by atoms with van der Waals surface area (Å²) in [7, 11) is 0. The highest BCUT2D eigenvalue weighted by molar-refractivity contribution is 7.99. The van der Waals surface area contributed by atoms with Crippen molar-refractivity contribution in [1.82, 2.24) is 4.98 Å². The van der Waals surface area contributed by atoms with Crippen molar-refractivity contribution in [1.29, 1.82) is 0 Å². The Morgan fingerprint density at radius 1 is 1.47 bits per heavy atom. The van der Waals surface area contributed by atoms with E-state index >= 15 is 0 Å². The molecule has 1 aromatic carbocycles. The third-order valence-electron chi connectivity index (χ3n) is 2.37. The van der Waals surface area contributed by atoms with E-state index in [9.17, 15) is 0 Å². The Kier molecular flexibility index (Phi) is 3.49. The smallest absolute Gasteiger partial charge is 0.170 e. The van der Waals surface area contributed by atoms with E-state index < -0.39 is 0 Å². The summed E-state index contributed by atoms with van der Waals surface area (Å²) in [6, 6.07) is 9.52. The van der Waals surface area contributed by atoms with Gasteiger partial charge in [-0.2, -0.15) is 0 Å². The van der Waals surface area contributed by atoms with Gasteiger partial charge in [0.15, 0.2) is 5.84 Å². The maximum absolute atomic E-state index is 8.80. The van der Waals surface area contributed by atoms with Gasteiger partial charge in [0.1, 0.15) is 0 Å². The lowest BCUT2D eigenvalue weighted by molar-refractivity contribution is 0.318. The molecule has 0 unspecified atom stereocenters. The largest absolute Gasteiger partial charge is 0.409 e. The summed E-state index contributed by atoms with van der Waals surface area (Å²) in [6.45, 7) is 2.06. The molecule has 0 bridgehead atoms. The normalized spacial score (nSPS) is 11.9. The van der Waals surface area contributed by atoms with Crippen molar-refractivity contribution in [2.24, 2.45) is 10.9 Å². The number of oxime groups is 1. The first-order valence-corrected chi connectivity index (χ1v) is 6.25. The molecule has 0 fully saturated rings. The lowest BCUT2D eigenvalue weighted by atomic mass is 10.1. The van der Waals surface area contributed by atoms with Crippen LogP contribution in [0.5, 0.6) is 0 Å². The van der Waals surface area contributed by atoms with Crippen LogP contribution in [0.4, 0.5) is 0 Å². The lowest BCUT2D eigenvalue weighted by Gasteiger charge is -2.07. The van der Waals surface area contributed by atoms with Crippen molar-refractivity contribution >= 4 is 28.5 Å². The minimum absolute atomic E-state index is 0.113. The fourth-order valence-corrected chi connectivity index (χ4v) is 2.30. The maximum atomic E-state index is 8.80. The van der Waals surface area contributed by atoms with Gasteiger partial charge in [-0.05, 0) is 17.9 Å². The van der Waals surface area contributed by atoms with E-state index in [1.807, 2.05) is 30.3 Å². The second kappa shape index (κ2) is 5.05. The van der Waals surface area contributed by atoms with E-state index in [0.29, 0.717) is 5.56 Å². The van der Waals surface area contributed by atoms with Crippen molar-refractivity contribution < 1.29 is 5.21 Å². The third kappa shape index (κ3) is 2.34. The highest BCUT2D eigenvalue weighted by atomic mass is 32.2. The van der Waals surface area contributed by atoms with Gasteiger partial charge in [-0.15, -0.1) is 11.8 Å². The minimum Gasteiger partial charge on any atom is -0.409 e. The molecule has 17 heavy (non-hydrogen) atoms. The zero-order valence-corrected chi connectivity index (χ0v) is 10.2. The molecule has 4 nitrogen and oxygen atoms in total. The van der Waals surface area contributed by atoms with E-state index in [0.717, 1.165) is 21.7 Å². The second-order valence-corrected chi connectivity index (χ2v) is 4.73. The third-order valence-corrected chi connectivity index (χ3v) is 3.16. The molecule has 0 atom stereocenters. The highest BCUT2D eigenvalue weighted by Crippen LogP contribution is 2.23. The molecule has 88 valence electrons. The number of fused-ring (bicyclic) bond motifs is 1. The van der Waals surface area contributed by atoms with E-state index in [1.54, 1.807) is 11.8 Å². The molecule has 0 saturated carbocycles. The van der Waals surface area contributed by atoms with Crippen LogP contribution in [-0.2, 0) is 0 Å². The van der Waals surface area contributed by atoms with Crippen LogP contribution in [0.1, 0.15) is 12.5 Å². The number of nitrogens with zero attached hydrogens (tertiary/aromatic N) is 2. The van der Waals surface area contributed by atoms with Crippen LogP contribution in [0.3, 0.4) is 0 Å². The number of hydrogen-bond acceptors (Lipinski definition) is 4. The van der Waals surface area contributed by atoms with Crippen LogP contribution < -0.4 is 5.73 Å². The number of nitrogens with two attached hydrogens (primary N) is 1. The van der Waals surface area contributed by atoms with Crippen LogP contribution in [0.15, 0.2) is 40.5 Å². The van der Waals surface area contributed by atoms with Crippen molar-refractivity contribution in [3.63, 3.8) is 0 Å². The van der Waals surface area contributed by atoms with Gasteiger partial charge in [-0.1, -0.05) is 30.3 Å². The molecular weight excluding hydrogens is 234 g/mol. The zero-order valence-electron chi connectivity index (χ0n) is 9.42. The number of aromatic nitrogens is 1. The number of amidine groups is 1. The SMILES string of the molecule is CCSc1cc(C(N)=NO)c2ccccc2n1. The van der Waals surface area contributed by atoms with Crippen LogP contribution in [0.2, 0.25) is 0 Å². The first kappa shape index (κ1) is 11.7. The van der Waals surface area contributed by atoms with Crippen LogP contribution in [0.25, 0.3) is 10.9 Å². The molecule has 0 aliphatic carbocycles. The van der Waals surface area contributed by atoms with Gasteiger partial charge < -0.3 is 10.9 Å². The molecule has 0 aliphatic rings. The van der Waals surface area contributed by atoms with Gasteiger partial charge in [0.25, 0.3) is 0 Å². The highest BCUT2D eigenvalue weighted by Gasteiger charge is 2.09. The number of hydrogen-bond donors (Lipinski definition) is 2. The minimum atomic E-state index is 0.113. The van der Waals surface area contributed by atoms with Gasteiger partial charge >= 0.3 is 0 Å². The standard InChI is InChI=1S/C12H13N3OS/c1-2-17-11-7-9(12(13)15-16)8-5-3-4-6-10(8)14-11/h3-7,16H,2H2,1H3,(H2,13,15). The van der Waals surface area contributed by atoms with Crippen molar-refractivity contribution in [2.45, 2.75) is 11.9 Å². The average molecular weight is 247 g/mol. The monoisotopic (exact) mass is 247 g/mol. The fourth-order valence-electron chi connectivity index (χ4n) is 1.64. The predicted molar refractivity (Wildman–Crippen MR) is 70.7 cm³/mol. The van der Waals surface area contributed by atoms with E-state index in [-0.39, 0.29) is 5.84 Å². The zero-order chi connectivity index (χ0) is 12.3. The Balaban J connectivity index is 2.69. The molecule has 0 saturated heterocycles. The molecule has 2 rings (SSSR count). The lowest BCUT2D eigenvalue weighted by Crippen LogP contribution is -2.14. The van der Waals surface area contributed by atoms with Gasteiger partial charge in [-0.3, -0.25) is 0 Å². The van der Waals surface area contributed by atoms with Gasteiger partial charge in [0.2, 0.25) is 0 Å². The first-order chi connectivity index (χ1) is 8.26. The molecule has 0 radical (unpaired) electrons. The maximum Gasteiger partial charge on any atom is 0.170 e. The summed E-state index contributed by atoms with van der Waals surface area (Å²) in [5, 5.41) is 13.6. The van der Waals surface area contributed by atoms with Crippen LogP contribution >= 0.6 is 11.8 Å². The Morgan fingerprint density at radius 2 is 2.24 bits per heavy atom. The molecule has 3 N–H and O–H groups in total. The Morgan fingerprint density at radius 3 is 2.94 bits per heavy atom. The molecule has 5 heteroatoms. The Bertz CT molecular complexity index is 569. The molecule has 0 amide bonds. The molecule has 2 aromatic rings. The quantitative estimate of drug-likeness (QED) is 0.287. The average Bonchev–Trinajstić information content (AvgIpc) is 2.37. The number of thioether (sulfide) groups is 1. The van der Waals surface area contributed by atoms with Crippen molar-refractivity contribution in [2.75, 3.05) is 5.75 Å². The predicted octanol–water partition coefficient (Wildman–Crippen LogP) is 2.44. The van der Waals surface area contributed by atoms with E-state index in [1.165, 1.54) is 0 Å². The first-order valence-electron chi connectivity index (χ1n) is 5.26. The fraction of sp³-hybridized carbons (Fsp3) is 0.167. The van der Waals surface area contributed by atoms with Crippen molar-refractivity contribution in [3.8, 4) is 0 Å².